The Bertz CT molecular complexity index is 246. The Hall–Kier alpha value is -1.32. The third-order valence-electron chi connectivity index (χ3n) is 2.02. The number of hydrogen-bond acceptors (Lipinski definition) is 2. The first-order chi connectivity index (χ1) is 6.51. The van der Waals surface area contributed by atoms with Crippen LogP contribution >= 0.6 is 0 Å². The summed E-state index contributed by atoms with van der Waals surface area (Å²) in [6, 6.07) is 0. The maximum atomic E-state index is 11.3. The predicted molar refractivity (Wildman–Crippen MR) is 53.6 cm³/mol. The predicted octanol–water partition coefficient (Wildman–Crippen LogP) is 1.53. The molecule has 0 saturated carbocycles. The van der Waals surface area contributed by atoms with Crippen LogP contribution < -0.4 is 5.32 Å². The van der Waals surface area contributed by atoms with Gasteiger partial charge < -0.3 is 10.4 Å². The maximum absolute atomic E-state index is 11.3. The fraction of sp³-hybridized carbons (Fsp3) is 0.600. The number of carbonyl (C=O) groups is 2. The minimum Gasteiger partial charge on any atom is -0.477 e. The molecule has 1 amide bonds. The molecule has 0 aromatic carbocycles. The Morgan fingerprint density at radius 2 is 2.07 bits per heavy atom. The molecule has 0 bridgehead atoms. The number of carbonyl (C=O) groups excluding carboxylic acids is 1. The second-order valence-corrected chi connectivity index (χ2v) is 3.27. The van der Waals surface area contributed by atoms with Crippen molar-refractivity contribution in [2.75, 3.05) is 0 Å². The van der Waals surface area contributed by atoms with Gasteiger partial charge in [0.15, 0.2) is 0 Å². The third kappa shape index (κ3) is 4.64. The SMILES string of the molecule is C/C=C(/NC(=O)CC(C)CC)C(=O)O. The molecule has 1 unspecified atom stereocenters. The van der Waals surface area contributed by atoms with Gasteiger partial charge in [0.25, 0.3) is 0 Å². The van der Waals surface area contributed by atoms with Gasteiger partial charge >= 0.3 is 5.97 Å². The van der Waals surface area contributed by atoms with Crippen molar-refractivity contribution in [2.45, 2.75) is 33.6 Å². The van der Waals surface area contributed by atoms with E-state index in [1.165, 1.54) is 6.08 Å². The zero-order valence-electron chi connectivity index (χ0n) is 8.83. The van der Waals surface area contributed by atoms with E-state index in [0.29, 0.717) is 6.42 Å². The van der Waals surface area contributed by atoms with Crippen molar-refractivity contribution in [2.24, 2.45) is 5.92 Å². The van der Waals surface area contributed by atoms with E-state index >= 15 is 0 Å². The average Bonchev–Trinajstić information content (AvgIpc) is 2.13. The molecule has 0 saturated heterocycles. The summed E-state index contributed by atoms with van der Waals surface area (Å²) >= 11 is 0. The number of carboxylic acids is 1. The quantitative estimate of drug-likeness (QED) is 0.660. The molecule has 2 N–H and O–H groups in total. The van der Waals surface area contributed by atoms with Crippen LogP contribution in [-0.4, -0.2) is 17.0 Å². The number of allylic oxidation sites excluding steroid dienone is 1. The van der Waals surface area contributed by atoms with Crippen LogP contribution in [0.15, 0.2) is 11.8 Å². The Morgan fingerprint density at radius 3 is 2.43 bits per heavy atom. The minimum absolute atomic E-state index is 0.0571. The fourth-order valence-electron chi connectivity index (χ4n) is 0.911. The van der Waals surface area contributed by atoms with Gasteiger partial charge in [-0.2, -0.15) is 0 Å². The summed E-state index contributed by atoms with van der Waals surface area (Å²) in [5.41, 5.74) is -0.0571. The molecule has 4 nitrogen and oxygen atoms in total. The van der Waals surface area contributed by atoms with Crippen LogP contribution in [0.5, 0.6) is 0 Å². The van der Waals surface area contributed by atoms with Gasteiger partial charge in [-0.1, -0.05) is 26.3 Å². The second-order valence-electron chi connectivity index (χ2n) is 3.27. The Labute approximate surface area is 84.0 Å². The molecule has 0 aliphatic rings. The number of hydrogen-bond donors (Lipinski definition) is 2. The van der Waals surface area contributed by atoms with Crippen LogP contribution in [0.3, 0.4) is 0 Å². The van der Waals surface area contributed by atoms with Gasteiger partial charge in [-0.15, -0.1) is 0 Å². The number of aliphatic carboxylic acids is 1. The van der Waals surface area contributed by atoms with Gasteiger partial charge in [0.1, 0.15) is 5.70 Å². The standard InChI is InChI=1S/C10H17NO3/c1-4-7(3)6-9(12)11-8(5-2)10(13)14/h5,7H,4,6H2,1-3H3,(H,11,12)(H,13,14)/b8-5+. The zero-order valence-corrected chi connectivity index (χ0v) is 8.83. The molecule has 0 aromatic rings. The van der Waals surface area contributed by atoms with Gasteiger partial charge in [-0.05, 0) is 12.8 Å². The van der Waals surface area contributed by atoms with Crippen molar-refractivity contribution >= 4 is 11.9 Å². The average molecular weight is 199 g/mol. The van der Waals surface area contributed by atoms with Gasteiger partial charge in [0.2, 0.25) is 5.91 Å². The summed E-state index contributed by atoms with van der Waals surface area (Å²) in [5, 5.41) is 11.0. The van der Waals surface area contributed by atoms with Crippen molar-refractivity contribution in [1.29, 1.82) is 0 Å². The van der Waals surface area contributed by atoms with Crippen molar-refractivity contribution < 1.29 is 14.7 Å². The van der Waals surface area contributed by atoms with Crippen LogP contribution in [-0.2, 0) is 9.59 Å². The number of carboxylic acid groups (broad SMARTS) is 1. The summed E-state index contributed by atoms with van der Waals surface area (Å²) in [7, 11) is 0. The Morgan fingerprint density at radius 1 is 1.50 bits per heavy atom. The molecule has 0 radical (unpaired) electrons. The zero-order chi connectivity index (χ0) is 11.1. The van der Waals surface area contributed by atoms with Gasteiger partial charge in [-0.3, -0.25) is 4.79 Å². The first-order valence-electron chi connectivity index (χ1n) is 4.70. The summed E-state index contributed by atoms with van der Waals surface area (Å²) in [6.45, 7) is 5.52. The van der Waals surface area contributed by atoms with E-state index in [9.17, 15) is 9.59 Å². The molecule has 0 fully saturated rings. The number of rotatable bonds is 5. The lowest BCUT2D eigenvalue weighted by Gasteiger charge is -2.08. The van der Waals surface area contributed by atoms with Crippen LogP contribution in [0.4, 0.5) is 0 Å². The molecule has 1 atom stereocenters. The number of amides is 1. The minimum atomic E-state index is -1.11. The van der Waals surface area contributed by atoms with E-state index < -0.39 is 5.97 Å². The highest BCUT2D eigenvalue weighted by Gasteiger charge is 2.12. The van der Waals surface area contributed by atoms with Crippen LogP contribution in [0.2, 0.25) is 0 Å². The summed E-state index contributed by atoms with van der Waals surface area (Å²) in [4.78, 5) is 21.8. The number of nitrogens with one attached hydrogen (secondary N) is 1. The molecule has 14 heavy (non-hydrogen) atoms. The molecule has 80 valence electrons. The molecule has 0 aromatic heterocycles. The van der Waals surface area contributed by atoms with E-state index in [2.05, 4.69) is 5.32 Å². The Kier molecular flexibility index (Phi) is 5.60. The van der Waals surface area contributed by atoms with Crippen molar-refractivity contribution in [3.05, 3.63) is 11.8 Å². The highest BCUT2D eigenvalue weighted by molar-refractivity contribution is 5.92. The van der Waals surface area contributed by atoms with Crippen LogP contribution in [0, 0.1) is 5.92 Å². The van der Waals surface area contributed by atoms with Gasteiger partial charge in [0, 0.05) is 6.42 Å². The van der Waals surface area contributed by atoms with Crippen molar-refractivity contribution in [1.82, 2.24) is 5.32 Å². The normalized spacial score (nSPS) is 13.5. The van der Waals surface area contributed by atoms with Crippen LogP contribution in [0.1, 0.15) is 33.6 Å². The van der Waals surface area contributed by atoms with Crippen molar-refractivity contribution in [3.63, 3.8) is 0 Å². The van der Waals surface area contributed by atoms with E-state index in [-0.39, 0.29) is 17.5 Å². The highest BCUT2D eigenvalue weighted by atomic mass is 16.4. The van der Waals surface area contributed by atoms with E-state index in [1.54, 1.807) is 6.92 Å². The largest absolute Gasteiger partial charge is 0.477 e. The molecule has 0 aliphatic carbocycles. The molecular formula is C10H17NO3. The smallest absolute Gasteiger partial charge is 0.352 e. The summed E-state index contributed by atoms with van der Waals surface area (Å²) in [6.07, 6.45) is 2.64. The first-order valence-corrected chi connectivity index (χ1v) is 4.70. The maximum Gasteiger partial charge on any atom is 0.352 e. The van der Waals surface area contributed by atoms with E-state index in [4.69, 9.17) is 5.11 Å². The lowest BCUT2D eigenvalue weighted by molar-refractivity contribution is -0.134. The molecule has 0 aliphatic heterocycles. The lowest BCUT2D eigenvalue weighted by Crippen LogP contribution is -2.28. The van der Waals surface area contributed by atoms with E-state index in [1.807, 2.05) is 13.8 Å². The summed E-state index contributed by atoms with van der Waals surface area (Å²) in [5.74, 6) is -1.07. The molecular weight excluding hydrogens is 182 g/mol. The fourth-order valence-corrected chi connectivity index (χ4v) is 0.911. The first kappa shape index (κ1) is 12.7. The molecule has 0 heterocycles. The summed E-state index contributed by atoms with van der Waals surface area (Å²) < 4.78 is 0. The second kappa shape index (κ2) is 6.18. The third-order valence-corrected chi connectivity index (χ3v) is 2.02. The van der Waals surface area contributed by atoms with E-state index in [0.717, 1.165) is 6.42 Å². The monoisotopic (exact) mass is 199 g/mol. The van der Waals surface area contributed by atoms with Crippen LogP contribution in [0.25, 0.3) is 0 Å². The van der Waals surface area contributed by atoms with Gasteiger partial charge in [0.05, 0.1) is 0 Å². The molecule has 0 rings (SSSR count). The highest BCUT2D eigenvalue weighted by Crippen LogP contribution is 2.06. The topological polar surface area (TPSA) is 66.4 Å². The molecule has 0 spiro atoms. The van der Waals surface area contributed by atoms with Crippen molar-refractivity contribution in [3.8, 4) is 0 Å². The molecule has 4 heteroatoms. The van der Waals surface area contributed by atoms with Gasteiger partial charge in [-0.25, -0.2) is 4.79 Å². The lowest BCUT2D eigenvalue weighted by atomic mass is 10.1. The Balaban J connectivity index is 4.12.